The van der Waals surface area contributed by atoms with E-state index in [9.17, 15) is 13.2 Å². The topological polar surface area (TPSA) is 30.7 Å². The number of benzene rings is 1. The number of aryl methyl sites for hydroxylation is 2. The largest absolute Gasteiger partial charge is 0.416 e. The van der Waals surface area contributed by atoms with E-state index >= 15 is 0 Å². The minimum Gasteiger partial charge on any atom is -0.244 e. The Bertz CT molecular complexity index is 716. The lowest BCUT2D eigenvalue weighted by Gasteiger charge is -2.07. The van der Waals surface area contributed by atoms with Gasteiger partial charge in [-0.15, -0.1) is 16.4 Å². The molecule has 0 fully saturated rings. The molecule has 1 aromatic carbocycles. The first-order valence-electron chi connectivity index (χ1n) is 5.97. The van der Waals surface area contributed by atoms with Crippen molar-refractivity contribution in [3.8, 4) is 0 Å². The summed E-state index contributed by atoms with van der Waals surface area (Å²) in [6, 6.07) is 7.42. The fraction of sp³-hybridized carbons (Fsp3) is 0.231. The molecule has 104 valence electrons. The van der Waals surface area contributed by atoms with Crippen LogP contribution in [0.4, 0.5) is 13.2 Å². The molecule has 0 saturated heterocycles. The van der Waals surface area contributed by atoms with Crippen molar-refractivity contribution in [2.75, 3.05) is 0 Å². The zero-order valence-electron chi connectivity index (χ0n) is 10.3. The second-order valence-electron chi connectivity index (χ2n) is 4.34. The monoisotopic (exact) mass is 297 g/mol. The van der Waals surface area contributed by atoms with E-state index < -0.39 is 11.7 Å². The maximum atomic E-state index is 12.7. The summed E-state index contributed by atoms with van der Waals surface area (Å²) in [4.78, 5) is 1.17. The second kappa shape index (κ2) is 4.90. The third-order valence-corrected chi connectivity index (χ3v) is 3.93. The summed E-state index contributed by atoms with van der Waals surface area (Å²) in [7, 11) is 0. The summed E-state index contributed by atoms with van der Waals surface area (Å²) >= 11 is 1.62. The first kappa shape index (κ1) is 13.1. The van der Waals surface area contributed by atoms with Crippen LogP contribution in [0.1, 0.15) is 10.4 Å². The van der Waals surface area contributed by atoms with Gasteiger partial charge in [0.2, 0.25) is 0 Å². The van der Waals surface area contributed by atoms with Crippen molar-refractivity contribution in [3.63, 3.8) is 0 Å². The first-order chi connectivity index (χ1) is 9.54. The molecule has 0 aliphatic rings. The molecular weight excluding hydrogens is 287 g/mol. The zero-order valence-corrected chi connectivity index (χ0v) is 11.1. The lowest BCUT2D eigenvalue weighted by molar-refractivity contribution is -0.137. The van der Waals surface area contributed by atoms with Crippen molar-refractivity contribution >= 4 is 22.4 Å². The molecular formula is C13H10F3N3S. The van der Waals surface area contributed by atoms with Crippen LogP contribution in [0, 0.1) is 0 Å². The Labute approximate surface area is 116 Å². The minimum atomic E-state index is -4.35. The smallest absolute Gasteiger partial charge is 0.244 e. The SMILES string of the molecule is FC(F)(F)c1ccc2nnn(CCc3cccs3)c2c1. The molecule has 0 atom stereocenters. The lowest BCUT2D eigenvalue weighted by atomic mass is 10.2. The van der Waals surface area contributed by atoms with Crippen molar-refractivity contribution in [1.29, 1.82) is 0 Å². The summed E-state index contributed by atoms with van der Waals surface area (Å²) in [5.41, 5.74) is 0.213. The van der Waals surface area contributed by atoms with Gasteiger partial charge in [0, 0.05) is 17.8 Å². The molecule has 3 aromatic rings. The van der Waals surface area contributed by atoms with Gasteiger partial charge < -0.3 is 0 Å². The van der Waals surface area contributed by atoms with Gasteiger partial charge in [-0.2, -0.15) is 13.2 Å². The number of hydrogen-bond acceptors (Lipinski definition) is 3. The molecule has 7 heteroatoms. The minimum absolute atomic E-state index is 0.413. The highest BCUT2D eigenvalue weighted by Crippen LogP contribution is 2.31. The maximum Gasteiger partial charge on any atom is 0.416 e. The van der Waals surface area contributed by atoms with Crippen LogP contribution in [-0.4, -0.2) is 15.0 Å². The van der Waals surface area contributed by atoms with Crippen molar-refractivity contribution in [2.45, 2.75) is 19.1 Å². The highest BCUT2D eigenvalue weighted by atomic mass is 32.1. The normalized spacial score (nSPS) is 12.2. The van der Waals surface area contributed by atoms with Gasteiger partial charge in [0.1, 0.15) is 5.52 Å². The van der Waals surface area contributed by atoms with Crippen molar-refractivity contribution in [3.05, 3.63) is 46.2 Å². The van der Waals surface area contributed by atoms with Crippen molar-refractivity contribution < 1.29 is 13.2 Å². The quantitative estimate of drug-likeness (QED) is 0.737. The van der Waals surface area contributed by atoms with E-state index in [1.165, 1.54) is 15.6 Å². The highest BCUT2D eigenvalue weighted by molar-refractivity contribution is 7.09. The van der Waals surface area contributed by atoms with Gasteiger partial charge in [-0.3, -0.25) is 0 Å². The van der Waals surface area contributed by atoms with Crippen LogP contribution in [0.15, 0.2) is 35.7 Å². The van der Waals surface area contributed by atoms with E-state index in [-0.39, 0.29) is 0 Å². The maximum absolute atomic E-state index is 12.7. The van der Waals surface area contributed by atoms with Gasteiger partial charge in [-0.25, -0.2) is 4.68 Å². The Balaban J connectivity index is 1.91. The van der Waals surface area contributed by atoms with Crippen LogP contribution in [0.3, 0.4) is 0 Å². The van der Waals surface area contributed by atoms with Crippen LogP contribution in [-0.2, 0) is 19.1 Å². The van der Waals surface area contributed by atoms with Gasteiger partial charge in [-0.05, 0) is 29.6 Å². The molecule has 0 N–H and O–H groups in total. The second-order valence-corrected chi connectivity index (χ2v) is 5.38. The predicted octanol–water partition coefficient (Wildman–Crippen LogP) is 3.75. The molecule has 0 bridgehead atoms. The van der Waals surface area contributed by atoms with Crippen molar-refractivity contribution in [1.82, 2.24) is 15.0 Å². The molecule has 3 nitrogen and oxygen atoms in total. The fourth-order valence-electron chi connectivity index (χ4n) is 1.98. The molecule has 0 aliphatic carbocycles. The van der Waals surface area contributed by atoms with Crippen LogP contribution in [0.2, 0.25) is 0 Å². The van der Waals surface area contributed by atoms with E-state index in [1.54, 1.807) is 11.3 Å². The van der Waals surface area contributed by atoms with Gasteiger partial charge in [0.05, 0.1) is 11.1 Å². The van der Waals surface area contributed by atoms with Crippen LogP contribution < -0.4 is 0 Å². The van der Waals surface area contributed by atoms with E-state index in [0.717, 1.165) is 18.6 Å². The average Bonchev–Trinajstić information content (AvgIpc) is 3.04. The van der Waals surface area contributed by atoms with E-state index in [2.05, 4.69) is 10.3 Å². The van der Waals surface area contributed by atoms with Crippen LogP contribution in [0.25, 0.3) is 11.0 Å². The Kier molecular flexibility index (Phi) is 3.21. The first-order valence-corrected chi connectivity index (χ1v) is 6.85. The molecule has 0 saturated carbocycles. The van der Waals surface area contributed by atoms with E-state index in [4.69, 9.17) is 0 Å². The number of halogens is 3. The third-order valence-electron chi connectivity index (χ3n) is 2.99. The lowest BCUT2D eigenvalue weighted by Crippen LogP contribution is -2.06. The summed E-state index contributed by atoms with van der Waals surface area (Å²) in [5.74, 6) is 0. The molecule has 3 rings (SSSR count). The predicted molar refractivity (Wildman–Crippen MR) is 70.6 cm³/mol. The Morgan fingerprint density at radius 3 is 2.75 bits per heavy atom. The molecule has 0 radical (unpaired) electrons. The van der Waals surface area contributed by atoms with Crippen LogP contribution >= 0.6 is 11.3 Å². The summed E-state index contributed by atoms with van der Waals surface area (Å²) < 4.78 is 39.7. The van der Waals surface area contributed by atoms with E-state index in [1.807, 2.05) is 17.5 Å². The molecule has 0 unspecified atom stereocenters. The number of fused-ring (bicyclic) bond motifs is 1. The van der Waals surface area contributed by atoms with Gasteiger partial charge >= 0.3 is 6.18 Å². The zero-order chi connectivity index (χ0) is 14.2. The molecule has 20 heavy (non-hydrogen) atoms. The summed E-state index contributed by atoms with van der Waals surface area (Å²) in [5, 5.41) is 9.78. The molecule has 2 aromatic heterocycles. The Hall–Kier alpha value is -1.89. The van der Waals surface area contributed by atoms with Gasteiger partial charge in [0.15, 0.2) is 0 Å². The number of thiophene rings is 1. The van der Waals surface area contributed by atoms with Gasteiger partial charge in [0.25, 0.3) is 0 Å². The average molecular weight is 297 g/mol. The van der Waals surface area contributed by atoms with Crippen LogP contribution in [0.5, 0.6) is 0 Å². The molecule has 0 aliphatic heterocycles. The number of aromatic nitrogens is 3. The summed E-state index contributed by atoms with van der Waals surface area (Å²) in [6.45, 7) is 0.512. The Morgan fingerprint density at radius 1 is 1.20 bits per heavy atom. The molecule has 0 amide bonds. The van der Waals surface area contributed by atoms with Crippen molar-refractivity contribution in [2.24, 2.45) is 0 Å². The standard InChI is InChI=1S/C13H10F3N3S/c14-13(15,16)9-3-4-11-12(8-9)19(18-17-11)6-5-10-2-1-7-20-10/h1-4,7-8H,5-6H2. The fourth-order valence-corrected chi connectivity index (χ4v) is 2.68. The van der Waals surface area contributed by atoms with E-state index in [0.29, 0.717) is 17.6 Å². The molecule has 0 spiro atoms. The highest BCUT2D eigenvalue weighted by Gasteiger charge is 2.31. The third kappa shape index (κ3) is 2.53. The number of alkyl halides is 3. The van der Waals surface area contributed by atoms with Gasteiger partial charge in [-0.1, -0.05) is 11.3 Å². The summed E-state index contributed by atoms with van der Waals surface area (Å²) in [6.07, 6.45) is -3.62. The Morgan fingerprint density at radius 2 is 2.05 bits per heavy atom. The number of rotatable bonds is 3. The number of hydrogen-bond donors (Lipinski definition) is 0. The molecule has 2 heterocycles. The number of nitrogens with zero attached hydrogens (tertiary/aromatic N) is 3.